The van der Waals surface area contributed by atoms with E-state index >= 15 is 0 Å². The van der Waals surface area contributed by atoms with Crippen LogP contribution in [-0.4, -0.2) is 34.9 Å². The normalized spacial score (nSPS) is 17.0. The summed E-state index contributed by atoms with van der Waals surface area (Å²) in [6, 6.07) is 11.1. The van der Waals surface area contributed by atoms with Gasteiger partial charge in [-0.2, -0.15) is 0 Å². The molecule has 2 aliphatic rings. The van der Waals surface area contributed by atoms with Gasteiger partial charge in [0.2, 0.25) is 0 Å². The highest BCUT2D eigenvalue weighted by Gasteiger charge is 2.51. The van der Waals surface area contributed by atoms with Crippen molar-refractivity contribution in [2.75, 3.05) is 13.7 Å². The topological polar surface area (TPSA) is 81.9 Å². The van der Waals surface area contributed by atoms with Crippen molar-refractivity contribution in [3.05, 3.63) is 58.1 Å². The number of nitro groups is 1. The first-order chi connectivity index (χ1) is 13.0. The fourth-order valence-corrected chi connectivity index (χ4v) is 3.77. The molecule has 0 bridgehead atoms. The van der Waals surface area contributed by atoms with Crippen LogP contribution >= 0.6 is 0 Å². The highest BCUT2D eigenvalue weighted by molar-refractivity contribution is 5.98. The Labute approximate surface area is 156 Å². The van der Waals surface area contributed by atoms with Crippen molar-refractivity contribution >= 4 is 11.6 Å². The summed E-state index contributed by atoms with van der Waals surface area (Å²) in [5.74, 6) is 1.33. The molecule has 1 saturated carbocycles. The summed E-state index contributed by atoms with van der Waals surface area (Å²) in [6.07, 6.45) is 4.13. The summed E-state index contributed by atoms with van der Waals surface area (Å²) >= 11 is 0. The van der Waals surface area contributed by atoms with Gasteiger partial charge in [-0.25, -0.2) is 0 Å². The van der Waals surface area contributed by atoms with E-state index in [9.17, 15) is 14.9 Å². The first kappa shape index (κ1) is 17.3. The van der Waals surface area contributed by atoms with E-state index in [2.05, 4.69) is 0 Å². The lowest BCUT2D eigenvalue weighted by Gasteiger charge is -2.58. The van der Waals surface area contributed by atoms with E-state index in [1.165, 1.54) is 18.2 Å². The van der Waals surface area contributed by atoms with Gasteiger partial charge in [0.15, 0.2) is 0 Å². The quantitative estimate of drug-likeness (QED) is 0.584. The molecule has 27 heavy (non-hydrogen) atoms. The molecule has 1 amide bonds. The summed E-state index contributed by atoms with van der Waals surface area (Å²) in [7, 11) is 1.58. The van der Waals surface area contributed by atoms with Crippen molar-refractivity contribution in [2.45, 2.75) is 31.2 Å². The number of ether oxygens (including phenoxy) is 2. The Kier molecular flexibility index (Phi) is 4.22. The molecule has 1 saturated heterocycles. The molecule has 0 unspecified atom stereocenters. The Bertz CT molecular complexity index is 884. The average Bonchev–Trinajstić information content (AvgIpc) is 2.60. The van der Waals surface area contributed by atoms with Crippen molar-refractivity contribution in [1.29, 1.82) is 0 Å². The van der Waals surface area contributed by atoms with Crippen LogP contribution in [0.25, 0.3) is 0 Å². The summed E-state index contributed by atoms with van der Waals surface area (Å²) < 4.78 is 11.0. The molecular formula is C20H20N2O5. The van der Waals surface area contributed by atoms with Gasteiger partial charge in [-0.1, -0.05) is 0 Å². The third-order valence-corrected chi connectivity index (χ3v) is 5.59. The fourth-order valence-electron chi connectivity index (χ4n) is 3.77. The molecule has 0 aromatic heterocycles. The minimum atomic E-state index is -0.497. The zero-order valence-electron chi connectivity index (χ0n) is 15.0. The van der Waals surface area contributed by atoms with Crippen molar-refractivity contribution in [3.8, 4) is 17.2 Å². The predicted octanol–water partition coefficient (Wildman–Crippen LogP) is 4.16. The van der Waals surface area contributed by atoms with Crippen LogP contribution in [0.1, 0.15) is 36.0 Å². The molecule has 0 N–H and O–H groups in total. The molecule has 140 valence electrons. The second kappa shape index (κ2) is 6.57. The molecule has 1 aliphatic carbocycles. The van der Waals surface area contributed by atoms with E-state index in [-0.39, 0.29) is 22.7 Å². The largest absolute Gasteiger partial charge is 0.497 e. The van der Waals surface area contributed by atoms with Gasteiger partial charge in [-0.3, -0.25) is 14.9 Å². The number of rotatable bonds is 5. The standard InChI is InChI=1S/C20H20N2O5/c1-26-15-4-6-16(7-5-15)27-18-8-3-14(22(24)25)13-17(18)19(23)21-12-11-20(21)9-2-10-20/h3-8,13H,2,9-12H2,1H3. The van der Waals surface area contributed by atoms with Crippen molar-refractivity contribution in [1.82, 2.24) is 4.90 Å². The van der Waals surface area contributed by atoms with E-state index in [1.807, 2.05) is 4.90 Å². The summed E-state index contributed by atoms with van der Waals surface area (Å²) in [5.41, 5.74) is 0.0635. The van der Waals surface area contributed by atoms with E-state index in [0.29, 0.717) is 23.8 Å². The zero-order chi connectivity index (χ0) is 19.0. The molecular weight excluding hydrogens is 348 g/mol. The lowest BCUT2D eigenvalue weighted by Crippen LogP contribution is -2.65. The van der Waals surface area contributed by atoms with Crippen LogP contribution in [0.4, 0.5) is 5.69 Å². The van der Waals surface area contributed by atoms with Crippen LogP contribution < -0.4 is 9.47 Å². The molecule has 1 spiro atoms. The number of nitro benzene ring substituents is 1. The first-order valence-corrected chi connectivity index (χ1v) is 8.95. The minimum Gasteiger partial charge on any atom is -0.497 e. The average molecular weight is 368 g/mol. The maximum Gasteiger partial charge on any atom is 0.270 e. The predicted molar refractivity (Wildman–Crippen MR) is 98.4 cm³/mol. The van der Waals surface area contributed by atoms with Crippen LogP contribution in [-0.2, 0) is 0 Å². The molecule has 2 aromatic carbocycles. The third kappa shape index (κ3) is 2.99. The second-order valence-corrected chi connectivity index (χ2v) is 7.00. The number of hydrogen-bond acceptors (Lipinski definition) is 5. The number of carbonyl (C=O) groups excluding carboxylic acids is 1. The molecule has 2 aromatic rings. The molecule has 1 heterocycles. The molecule has 7 nitrogen and oxygen atoms in total. The van der Waals surface area contributed by atoms with Gasteiger partial charge in [-0.05, 0) is 56.0 Å². The molecule has 0 atom stereocenters. The maximum atomic E-state index is 13.1. The molecule has 7 heteroatoms. The fraction of sp³-hybridized carbons (Fsp3) is 0.350. The van der Waals surface area contributed by atoms with Gasteiger partial charge in [-0.15, -0.1) is 0 Å². The van der Waals surface area contributed by atoms with Crippen molar-refractivity contribution in [2.24, 2.45) is 0 Å². The number of methoxy groups -OCH3 is 1. The second-order valence-electron chi connectivity index (χ2n) is 7.00. The number of likely N-dealkylation sites (tertiary alicyclic amines) is 1. The Balaban J connectivity index is 1.66. The van der Waals surface area contributed by atoms with E-state index in [1.54, 1.807) is 31.4 Å². The Morgan fingerprint density at radius 2 is 1.81 bits per heavy atom. The monoisotopic (exact) mass is 368 g/mol. The lowest BCUT2D eigenvalue weighted by molar-refractivity contribution is -0.384. The number of hydrogen-bond donors (Lipinski definition) is 0. The summed E-state index contributed by atoms with van der Waals surface area (Å²) in [4.78, 5) is 25.7. The van der Waals surface area contributed by atoms with Crippen LogP contribution in [0.15, 0.2) is 42.5 Å². The highest BCUT2D eigenvalue weighted by Crippen LogP contribution is 2.48. The Morgan fingerprint density at radius 1 is 1.11 bits per heavy atom. The van der Waals surface area contributed by atoms with E-state index in [0.717, 1.165) is 25.7 Å². The van der Waals surface area contributed by atoms with Crippen LogP contribution in [0, 0.1) is 10.1 Å². The number of non-ortho nitro benzene ring substituents is 1. The summed E-state index contributed by atoms with van der Waals surface area (Å²) in [6.45, 7) is 0.684. The number of benzene rings is 2. The van der Waals surface area contributed by atoms with E-state index < -0.39 is 4.92 Å². The number of nitrogens with zero attached hydrogens (tertiary/aromatic N) is 2. The Morgan fingerprint density at radius 3 is 2.33 bits per heavy atom. The van der Waals surface area contributed by atoms with Gasteiger partial charge in [0.1, 0.15) is 17.2 Å². The van der Waals surface area contributed by atoms with Gasteiger partial charge in [0.25, 0.3) is 11.6 Å². The van der Waals surface area contributed by atoms with Gasteiger partial charge in [0.05, 0.1) is 17.6 Å². The molecule has 4 rings (SSSR count). The van der Waals surface area contributed by atoms with Gasteiger partial charge in [0, 0.05) is 24.2 Å². The van der Waals surface area contributed by atoms with Crippen molar-refractivity contribution in [3.63, 3.8) is 0 Å². The van der Waals surface area contributed by atoms with Crippen LogP contribution in [0.3, 0.4) is 0 Å². The molecule has 2 fully saturated rings. The number of carbonyl (C=O) groups is 1. The highest BCUT2D eigenvalue weighted by atomic mass is 16.6. The van der Waals surface area contributed by atoms with E-state index in [4.69, 9.17) is 9.47 Å². The first-order valence-electron chi connectivity index (χ1n) is 8.95. The minimum absolute atomic E-state index is 0.0426. The number of amides is 1. The third-order valence-electron chi connectivity index (χ3n) is 5.59. The van der Waals surface area contributed by atoms with Gasteiger partial charge < -0.3 is 14.4 Å². The summed E-state index contributed by atoms with van der Waals surface area (Å²) in [5, 5.41) is 11.2. The molecule has 1 aliphatic heterocycles. The smallest absolute Gasteiger partial charge is 0.270 e. The molecule has 0 radical (unpaired) electrons. The van der Waals surface area contributed by atoms with Crippen LogP contribution in [0.5, 0.6) is 17.2 Å². The Hall–Kier alpha value is -3.09. The van der Waals surface area contributed by atoms with Crippen molar-refractivity contribution < 1.29 is 19.2 Å². The SMILES string of the molecule is COc1ccc(Oc2ccc([N+](=O)[O-])cc2C(=O)N2CCC23CCC3)cc1. The van der Waals surface area contributed by atoms with Gasteiger partial charge >= 0.3 is 0 Å². The maximum absolute atomic E-state index is 13.1. The lowest BCUT2D eigenvalue weighted by atomic mass is 9.67. The van der Waals surface area contributed by atoms with Crippen LogP contribution in [0.2, 0.25) is 0 Å². The zero-order valence-corrected chi connectivity index (χ0v) is 15.0.